The molecule has 1 aliphatic carbocycles. The molecule has 0 heterocycles. The number of hydrogen-bond acceptors (Lipinski definition) is 2. The zero-order chi connectivity index (χ0) is 9.68. The molecule has 0 aromatic carbocycles. The van der Waals surface area contributed by atoms with Gasteiger partial charge in [0.2, 0.25) is 0 Å². The minimum Gasteiger partial charge on any atom is -0.393 e. The van der Waals surface area contributed by atoms with E-state index in [1.54, 1.807) is 0 Å². The molecule has 1 rings (SSSR count). The van der Waals surface area contributed by atoms with Crippen LogP contribution in [0.3, 0.4) is 0 Å². The molecule has 1 saturated carbocycles. The van der Waals surface area contributed by atoms with Gasteiger partial charge in [0.1, 0.15) is 0 Å². The highest BCUT2D eigenvalue weighted by Gasteiger charge is 2.26. The number of nitrogens with zero attached hydrogens (tertiary/aromatic N) is 1. The molecule has 0 radical (unpaired) electrons. The SMILES string of the molecule is CCCN(CCC)C1CCC(O)C1. The topological polar surface area (TPSA) is 23.5 Å². The molecule has 78 valence electrons. The van der Waals surface area contributed by atoms with Crippen molar-refractivity contribution < 1.29 is 5.11 Å². The van der Waals surface area contributed by atoms with Crippen LogP contribution in [-0.2, 0) is 0 Å². The lowest BCUT2D eigenvalue weighted by atomic mass is 10.2. The molecule has 0 bridgehead atoms. The van der Waals surface area contributed by atoms with E-state index in [0.717, 1.165) is 12.8 Å². The van der Waals surface area contributed by atoms with Gasteiger partial charge in [-0.15, -0.1) is 0 Å². The van der Waals surface area contributed by atoms with E-state index in [1.165, 1.54) is 32.4 Å². The van der Waals surface area contributed by atoms with Crippen LogP contribution in [0.2, 0.25) is 0 Å². The van der Waals surface area contributed by atoms with E-state index in [-0.39, 0.29) is 6.10 Å². The maximum atomic E-state index is 9.46. The molecule has 0 aliphatic heterocycles. The van der Waals surface area contributed by atoms with E-state index in [0.29, 0.717) is 6.04 Å². The van der Waals surface area contributed by atoms with Gasteiger partial charge < -0.3 is 10.0 Å². The molecule has 0 saturated heterocycles. The number of hydrogen-bond donors (Lipinski definition) is 1. The Morgan fingerprint density at radius 1 is 1.15 bits per heavy atom. The van der Waals surface area contributed by atoms with Crippen molar-refractivity contribution in [2.24, 2.45) is 0 Å². The molecule has 1 fully saturated rings. The van der Waals surface area contributed by atoms with Crippen LogP contribution in [0.15, 0.2) is 0 Å². The fourth-order valence-electron chi connectivity index (χ4n) is 2.32. The summed E-state index contributed by atoms with van der Waals surface area (Å²) >= 11 is 0. The Bertz CT molecular complexity index is 132. The van der Waals surface area contributed by atoms with Crippen LogP contribution in [0.4, 0.5) is 0 Å². The fourth-order valence-corrected chi connectivity index (χ4v) is 2.32. The van der Waals surface area contributed by atoms with Gasteiger partial charge in [0.05, 0.1) is 6.10 Å². The van der Waals surface area contributed by atoms with Gasteiger partial charge in [0, 0.05) is 6.04 Å². The standard InChI is InChI=1S/C11H23NO/c1-3-7-12(8-4-2)10-5-6-11(13)9-10/h10-11,13H,3-9H2,1-2H3. The summed E-state index contributed by atoms with van der Waals surface area (Å²) in [4.78, 5) is 2.55. The van der Waals surface area contributed by atoms with Crippen molar-refractivity contribution in [1.29, 1.82) is 0 Å². The van der Waals surface area contributed by atoms with Crippen molar-refractivity contribution in [2.45, 2.75) is 58.1 Å². The first-order chi connectivity index (χ1) is 6.27. The van der Waals surface area contributed by atoms with E-state index < -0.39 is 0 Å². The summed E-state index contributed by atoms with van der Waals surface area (Å²) in [7, 11) is 0. The number of aliphatic hydroxyl groups is 1. The highest BCUT2D eigenvalue weighted by atomic mass is 16.3. The molecule has 1 aliphatic rings. The first-order valence-corrected chi connectivity index (χ1v) is 5.70. The first-order valence-electron chi connectivity index (χ1n) is 5.70. The second-order valence-corrected chi connectivity index (χ2v) is 4.16. The summed E-state index contributed by atoms with van der Waals surface area (Å²) in [6.07, 6.45) is 5.64. The van der Waals surface area contributed by atoms with Crippen LogP contribution in [0.1, 0.15) is 46.0 Å². The summed E-state index contributed by atoms with van der Waals surface area (Å²) < 4.78 is 0. The van der Waals surface area contributed by atoms with Gasteiger partial charge in [0.15, 0.2) is 0 Å². The summed E-state index contributed by atoms with van der Waals surface area (Å²) in [5.74, 6) is 0. The summed E-state index contributed by atoms with van der Waals surface area (Å²) in [5, 5.41) is 9.46. The second-order valence-electron chi connectivity index (χ2n) is 4.16. The molecule has 13 heavy (non-hydrogen) atoms. The summed E-state index contributed by atoms with van der Waals surface area (Å²) in [5.41, 5.74) is 0. The molecule has 2 heteroatoms. The Morgan fingerprint density at radius 2 is 1.77 bits per heavy atom. The van der Waals surface area contributed by atoms with Crippen LogP contribution in [-0.4, -0.2) is 35.2 Å². The quantitative estimate of drug-likeness (QED) is 0.708. The van der Waals surface area contributed by atoms with E-state index in [4.69, 9.17) is 0 Å². The molecule has 0 amide bonds. The zero-order valence-electron chi connectivity index (χ0n) is 9.00. The van der Waals surface area contributed by atoms with E-state index in [1.807, 2.05) is 0 Å². The average Bonchev–Trinajstić information content (AvgIpc) is 2.51. The second kappa shape index (κ2) is 5.61. The number of aliphatic hydroxyl groups excluding tert-OH is 1. The predicted octanol–water partition coefficient (Wildman–Crippen LogP) is 2.02. The lowest BCUT2D eigenvalue weighted by Gasteiger charge is -2.27. The van der Waals surface area contributed by atoms with Gasteiger partial charge in [-0.1, -0.05) is 13.8 Å². The third-order valence-electron chi connectivity index (χ3n) is 2.92. The van der Waals surface area contributed by atoms with Crippen LogP contribution in [0, 0.1) is 0 Å². The largest absolute Gasteiger partial charge is 0.393 e. The molecule has 0 aromatic heterocycles. The fraction of sp³-hybridized carbons (Fsp3) is 1.00. The molecule has 0 spiro atoms. The lowest BCUT2D eigenvalue weighted by Crippen LogP contribution is -2.35. The van der Waals surface area contributed by atoms with Crippen LogP contribution in [0.25, 0.3) is 0 Å². The Labute approximate surface area is 81.9 Å². The van der Waals surface area contributed by atoms with Gasteiger partial charge in [0.25, 0.3) is 0 Å². The maximum Gasteiger partial charge on any atom is 0.0555 e. The molecular weight excluding hydrogens is 162 g/mol. The Hall–Kier alpha value is -0.0800. The van der Waals surface area contributed by atoms with Crippen LogP contribution in [0.5, 0.6) is 0 Å². The summed E-state index contributed by atoms with van der Waals surface area (Å²) in [6, 6.07) is 0.662. The zero-order valence-corrected chi connectivity index (χ0v) is 9.00. The van der Waals surface area contributed by atoms with E-state index in [2.05, 4.69) is 18.7 Å². The summed E-state index contributed by atoms with van der Waals surface area (Å²) in [6.45, 7) is 6.86. The Balaban J connectivity index is 2.35. The maximum absolute atomic E-state index is 9.46. The van der Waals surface area contributed by atoms with Crippen LogP contribution < -0.4 is 0 Å². The van der Waals surface area contributed by atoms with Gasteiger partial charge in [-0.2, -0.15) is 0 Å². The van der Waals surface area contributed by atoms with Crippen molar-refractivity contribution in [3.05, 3.63) is 0 Å². The minimum absolute atomic E-state index is 0.0267. The monoisotopic (exact) mass is 185 g/mol. The van der Waals surface area contributed by atoms with E-state index in [9.17, 15) is 5.11 Å². The third-order valence-corrected chi connectivity index (χ3v) is 2.92. The van der Waals surface area contributed by atoms with E-state index >= 15 is 0 Å². The Kier molecular flexibility index (Phi) is 4.74. The Morgan fingerprint density at radius 3 is 2.15 bits per heavy atom. The van der Waals surface area contributed by atoms with Crippen LogP contribution >= 0.6 is 0 Å². The van der Waals surface area contributed by atoms with Gasteiger partial charge in [-0.25, -0.2) is 0 Å². The predicted molar refractivity (Wildman–Crippen MR) is 55.8 cm³/mol. The van der Waals surface area contributed by atoms with Gasteiger partial charge in [-0.3, -0.25) is 0 Å². The van der Waals surface area contributed by atoms with Crippen molar-refractivity contribution in [1.82, 2.24) is 4.90 Å². The smallest absolute Gasteiger partial charge is 0.0555 e. The minimum atomic E-state index is -0.0267. The molecule has 0 aromatic rings. The van der Waals surface area contributed by atoms with Crippen molar-refractivity contribution in [2.75, 3.05) is 13.1 Å². The number of rotatable bonds is 5. The molecule has 2 unspecified atom stereocenters. The molecule has 1 N–H and O–H groups in total. The first kappa shape index (κ1) is 11.0. The van der Waals surface area contributed by atoms with Gasteiger partial charge in [-0.05, 0) is 45.2 Å². The normalized spacial score (nSPS) is 28.6. The highest BCUT2D eigenvalue weighted by Crippen LogP contribution is 2.24. The van der Waals surface area contributed by atoms with Crippen molar-refractivity contribution in [3.8, 4) is 0 Å². The molecule has 2 nitrogen and oxygen atoms in total. The lowest BCUT2D eigenvalue weighted by molar-refractivity contribution is 0.150. The van der Waals surface area contributed by atoms with Gasteiger partial charge >= 0.3 is 0 Å². The van der Waals surface area contributed by atoms with Crippen molar-refractivity contribution >= 4 is 0 Å². The average molecular weight is 185 g/mol. The molecule has 2 atom stereocenters. The third kappa shape index (κ3) is 3.28. The highest BCUT2D eigenvalue weighted by molar-refractivity contribution is 4.82. The molecular formula is C11H23NO. The van der Waals surface area contributed by atoms with Crippen molar-refractivity contribution in [3.63, 3.8) is 0 Å².